The lowest BCUT2D eigenvalue weighted by Gasteiger charge is -2.29. The first kappa shape index (κ1) is 13.1. The molecule has 1 aliphatic rings. The molecule has 1 aromatic rings. The van der Waals surface area contributed by atoms with Gasteiger partial charge in [0.05, 0.1) is 0 Å². The van der Waals surface area contributed by atoms with E-state index in [0.29, 0.717) is 5.57 Å². The highest BCUT2D eigenvalue weighted by atomic mass is 79.9. The molecular weight excluding hydrogens is 294 g/mol. The molecule has 1 heterocycles. The lowest BCUT2D eigenvalue weighted by molar-refractivity contribution is -0.132. The van der Waals surface area contributed by atoms with Gasteiger partial charge in [-0.25, -0.2) is 4.79 Å². The molecule has 96 valence electrons. The van der Waals surface area contributed by atoms with E-state index in [9.17, 15) is 4.79 Å². The average Bonchev–Trinajstić information content (AvgIpc) is 2.28. The normalized spacial score (nSPS) is 15.5. The van der Waals surface area contributed by atoms with Gasteiger partial charge in [0.15, 0.2) is 0 Å². The first-order chi connectivity index (χ1) is 8.49. The monoisotopic (exact) mass is 309 g/mol. The molecule has 0 saturated carbocycles. The smallest absolute Gasteiger partial charge is 0.331 e. The predicted molar refractivity (Wildman–Crippen MR) is 77.0 cm³/mol. The predicted octanol–water partition coefficient (Wildman–Crippen LogP) is 3.32. The van der Waals surface area contributed by atoms with Gasteiger partial charge in [0.25, 0.3) is 0 Å². The highest BCUT2D eigenvalue weighted by Gasteiger charge is 2.18. The van der Waals surface area contributed by atoms with Gasteiger partial charge >= 0.3 is 5.97 Å². The first-order valence-electron chi connectivity index (χ1n) is 5.94. The molecule has 0 bridgehead atoms. The Hall–Kier alpha value is -1.29. The third-order valence-corrected chi connectivity index (χ3v) is 3.67. The summed E-state index contributed by atoms with van der Waals surface area (Å²) in [5.74, 6) is -0.873. The van der Waals surface area contributed by atoms with Gasteiger partial charge in [-0.05, 0) is 49.1 Å². The van der Waals surface area contributed by atoms with E-state index < -0.39 is 5.97 Å². The van der Waals surface area contributed by atoms with Crippen LogP contribution in [0.25, 0.3) is 6.08 Å². The Bertz CT molecular complexity index is 523. The Balaban J connectivity index is 2.56. The van der Waals surface area contributed by atoms with E-state index >= 15 is 0 Å². The number of hydrogen-bond donors (Lipinski definition) is 1. The molecule has 0 atom stereocenters. The van der Waals surface area contributed by atoms with Crippen LogP contribution in [0.1, 0.15) is 24.5 Å². The molecule has 0 aliphatic carbocycles. The fraction of sp³-hybridized carbons (Fsp3) is 0.357. The van der Waals surface area contributed by atoms with Gasteiger partial charge in [-0.3, -0.25) is 0 Å². The van der Waals surface area contributed by atoms with Crippen LogP contribution in [0.2, 0.25) is 0 Å². The summed E-state index contributed by atoms with van der Waals surface area (Å²) in [6, 6.07) is 4.10. The van der Waals surface area contributed by atoms with Crippen LogP contribution in [-0.2, 0) is 11.2 Å². The molecule has 0 unspecified atom stereocenters. The van der Waals surface area contributed by atoms with Crippen LogP contribution in [-0.4, -0.2) is 24.7 Å². The number of anilines is 1. The molecule has 0 saturated heterocycles. The summed E-state index contributed by atoms with van der Waals surface area (Å²) >= 11 is 3.49. The number of benzene rings is 1. The van der Waals surface area contributed by atoms with Gasteiger partial charge < -0.3 is 10.0 Å². The van der Waals surface area contributed by atoms with Crippen molar-refractivity contribution in [2.45, 2.75) is 19.8 Å². The molecule has 1 aromatic carbocycles. The quantitative estimate of drug-likeness (QED) is 0.852. The van der Waals surface area contributed by atoms with Gasteiger partial charge in [0, 0.05) is 29.3 Å². The lowest BCUT2D eigenvalue weighted by atomic mass is 9.97. The maximum absolute atomic E-state index is 10.9. The second-order valence-electron chi connectivity index (χ2n) is 4.66. The number of halogens is 1. The summed E-state index contributed by atoms with van der Waals surface area (Å²) in [4.78, 5) is 13.1. The largest absolute Gasteiger partial charge is 0.478 e. The Morgan fingerprint density at radius 2 is 2.22 bits per heavy atom. The fourth-order valence-corrected chi connectivity index (χ4v) is 2.88. The van der Waals surface area contributed by atoms with E-state index in [2.05, 4.69) is 33.9 Å². The minimum Gasteiger partial charge on any atom is -0.478 e. The van der Waals surface area contributed by atoms with Crippen LogP contribution in [0.5, 0.6) is 0 Å². The molecule has 0 spiro atoms. The summed E-state index contributed by atoms with van der Waals surface area (Å²) in [6.45, 7) is 2.64. The van der Waals surface area contributed by atoms with Gasteiger partial charge in [0.1, 0.15) is 0 Å². The highest BCUT2D eigenvalue weighted by molar-refractivity contribution is 9.10. The molecule has 0 amide bonds. The van der Waals surface area contributed by atoms with E-state index in [-0.39, 0.29) is 0 Å². The lowest BCUT2D eigenvalue weighted by Crippen LogP contribution is -2.25. The molecule has 4 heteroatoms. The van der Waals surface area contributed by atoms with Gasteiger partial charge in [0.2, 0.25) is 0 Å². The van der Waals surface area contributed by atoms with Crippen LogP contribution in [0.15, 0.2) is 22.2 Å². The Morgan fingerprint density at radius 1 is 1.50 bits per heavy atom. The summed E-state index contributed by atoms with van der Waals surface area (Å²) in [5.41, 5.74) is 3.77. The Labute approximate surface area is 115 Å². The van der Waals surface area contributed by atoms with Gasteiger partial charge in [-0.1, -0.05) is 15.9 Å². The zero-order chi connectivity index (χ0) is 13.3. The summed E-state index contributed by atoms with van der Waals surface area (Å²) in [6.07, 6.45) is 3.93. The van der Waals surface area contributed by atoms with Gasteiger partial charge in [-0.2, -0.15) is 0 Å². The minimum absolute atomic E-state index is 0.356. The number of aliphatic carboxylic acids is 1. The van der Waals surface area contributed by atoms with Crippen molar-refractivity contribution in [3.05, 3.63) is 33.3 Å². The summed E-state index contributed by atoms with van der Waals surface area (Å²) in [7, 11) is 2.05. The molecule has 18 heavy (non-hydrogen) atoms. The number of hydrogen-bond acceptors (Lipinski definition) is 2. The zero-order valence-corrected chi connectivity index (χ0v) is 12.1. The number of carboxylic acid groups (broad SMARTS) is 1. The van der Waals surface area contributed by atoms with E-state index in [0.717, 1.165) is 35.1 Å². The van der Waals surface area contributed by atoms with Crippen LogP contribution in [0, 0.1) is 0 Å². The molecule has 1 aliphatic heterocycles. The first-order valence-corrected chi connectivity index (χ1v) is 6.73. The number of carbonyl (C=O) groups is 1. The highest BCUT2D eigenvalue weighted by Crippen LogP contribution is 2.34. The van der Waals surface area contributed by atoms with Crippen molar-refractivity contribution >= 4 is 33.7 Å². The number of nitrogens with zero attached hydrogens (tertiary/aromatic N) is 1. The molecular formula is C14H16BrNO2. The average molecular weight is 310 g/mol. The SMILES string of the molecule is CC(=Cc1cc(Br)cc2c1N(C)CCC2)C(=O)O. The summed E-state index contributed by atoms with van der Waals surface area (Å²) in [5, 5.41) is 8.99. The van der Waals surface area contributed by atoms with Crippen molar-refractivity contribution in [2.24, 2.45) is 0 Å². The van der Waals surface area contributed by atoms with Gasteiger partial charge in [-0.15, -0.1) is 0 Å². The van der Waals surface area contributed by atoms with E-state index in [1.165, 1.54) is 5.56 Å². The molecule has 1 N–H and O–H groups in total. The second kappa shape index (κ2) is 5.14. The minimum atomic E-state index is -0.873. The van der Waals surface area contributed by atoms with Crippen LogP contribution in [0.3, 0.4) is 0 Å². The number of rotatable bonds is 2. The standard InChI is InChI=1S/C14H16BrNO2/c1-9(14(17)18)6-11-8-12(15)7-10-4-3-5-16(2)13(10)11/h6-8H,3-5H2,1-2H3,(H,17,18). The number of carboxylic acids is 1. The molecule has 3 nitrogen and oxygen atoms in total. The molecule has 2 rings (SSSR count). The third-order valence-electron chi connectivity index (χ3n) is 3.21. The van der Waals surface area contributed by atoms with Crippen molar-refractivity contribution < 1.29 is 9.90 Å². The number of aryl methyl sites for hydroxylation is 1. The maximum atomic E-state index is 10.9. The van der Waals surface area contributed by atoms with Crippen LogP contribution < -0.4 is 4.90 Å². The third kappa shape index (κ3) is 2.58. The zero-order valence-electron chi connectivity index (χ0n) is 10.5. The van der Waals surface area contributed by atoms with Crippen LogP contribution >= 0.6 is 15.9 Å². The van der Waals surface area contributed by atoms with Crippen molar-refractivity contribution in [3.63, 3.8) is 0 Å². The molecule has 0 fully saturated rings. The molecule has 0 radical (unpaired) electrons. The summed E-state index contributed by atoms with van der Waals surface area (Å²) < 4.78 is 1.00. The molecule has 0 aromatic heterocycles. The van der Waals surface area contributed by atoms with Crippen molar-refractivity contribution in [1.82, 2.24) is 0 Å². The van der Waals surface area contributed by atoms with Crippen molar-refractivity contribution in [3.8, 4) is 0 Å². The Morgan fingerprint density at radius 3 is 2.89 bits per heavy atom. The van der Waals surface area contributed by atoms with Crippen LogP contribution in [0.4, 0.5) is 5.69 Å². The van der Waals surface area contributed by atoms with E-state index in [4.69, 9.17) is 5.11 Å². The topological polar surface area (TPSA) is 40.5 Å². The van der Waals surface area contributed by atoms with Crippen molar-refractivity contribution in [2.75, 3.05) is 18.5 Å². The number of fused-ring (bicyclic) bond motifs is 1. The van der Waals surface area contributed by atoms with E-state index in [1.54, 1.807) is 13.0 Å². The maximum Gasteiger partial charge on any atom is 0.331 e. The second-order valence-corrected chi connectivity index (χ2v) is 5.58. The van der Waals surface area contributed by atoms with E-state index in [1.807, 2.05) is 6.07 Å². The van der Waals surface area contributed by atoms with Crippen molar-refractivity contribution in [1.29, 1.82) is 0 Å². The fourth-order valence-electron chi connectivity index (χ4n) is 2.36. The Kier molecular flexibility index (Phi) is 3.76.